The van der Waals surface area contributed by atoms with Gasteiger partial charge in [0.1, 0.15) is 4.60 Å². The van der Waals surface area contributed by atoms with Crippen LogP contribution in [0.25, 0.3) is 0 Å². The first-order valence-corrected chi connectivity index (χ1v) is 4.68. The lowest BCUT2D eigenvalue weighted by Gasteiger charge is -2.07. The summed E-state index contributed by atoms with van der Waals surface area (Å²) in [5, 5.41) is 0. The van der Waals surface area contributed by atoms with Crippen LogP contribution < -0.4 is 5.73 Å². The average Bonchev–Trinajstić information content (AvgIpc) is 2.09. The topological polar surface area (TPSA) is 38.9 Å². The second-order valence-corrected chi connectivity index (χ2v) is 3.36. The fourth-order valence-electron chi connectivity index (χ4n) is 0.844. The molecule has 2 nitrogen and oxygen atoms in total. The molecule has 0 aliphatic heterocycles. The van der Waals surface area contributed by atoms with Gasteiger partial charge in [0, 0.05) is 5.56 Å². The van der Waals surface area contributed by atoms with Gasteiger partial charge in [0.25, 0.3) is 6.43 Å². The Balaban J connectivity index is 3.25. The van der Waals surface area contributed by atoms with Crippen LogP contribution in [-0.2, 0) is 5.88 Å². The van der Waals surface area contributed by atoms with Crippen LogP contribution >= 0.6 is 27.5 Å². The lowest BCUT2D eigenvalue weighted by molar-refractivity contribution is 0.152. The van der Waals surface area contributed by atoms with E-state index in [-0.39, 0.29) is 21.7 Å². The maximum Gasteiger partial charge on any atom is 0.265 e. The van der Waals surface area contributed by atoms with E-state index in [4.69, 9.17) is 17.3 Å². The van der Waals surface area contributed by atoms with Crippen molar-refractivity contribution >= 4 is 33.2 Å². The molecule has 1 aromatic heterocycles. The van der Waals surface area contributed by atoms with Gasteiger partial charge in [-0.15, -0.1) is 11.6 Å². The van der Waals surface area contributed by atoms with Gasteiger partial charge < -0.3 is 5.73 Å². The number of rotatable bonds is 2. The Morgan fingerprint density at radius 3 is 2.69 bits per heavy atom. The van der Waals surface area contributed by atoms with E-state index < -0.39 is 6.43 Å². The Bertz CT molecular complexity index is 320. The number of hydrogen-bond acceptors (Lipinski definition) is 2. The third-order valence-corrected chi connectivity index (χ3v) is 2.35. The molecule has 0 saturated carbocycles. The molecule has 0 bridgehead atoms. The molecule has 0 spiro atoms. The van der Waals surface area contributed by atoms with Crippen molar-refractivity contribution in [1.82, 2.24) is 4.98 Å². The van der Waals surface area contributed by atoms with Gasteiger partial charge >= 0.3 is 0 Å². The molecule has 0 radical (unpaired) electrons. The number of anilines is 1. The molecule has 0 saturated heterocycles. The van der Waals surface area contributed by atoms with Crippen molar-refractivity contribution in [2.45, 2.75) is 12.3 Å². The molecule has 0 aliphatic rings. The van der Waals surface area contributed by atoms with Gasteiger partial charge in [-0.05, 0) is 22.0 Å². The van der Waals surface area contributed by atoms with E-state index in [9.17, 15) is 8.78 Å². The lowest BCUT2D eigenvalue weighted by Crippen LogP contribution is -2.00. The summed E-state index contributed by atoms with van der Waals surface area (Å²) in [7, 11) is 0. The van der Waals surface area contributed by atoms with Gasteiger partial charge in [-0.3, -0.25) is 0 Å². The molecule has 72 valence electrons. The van der Waals surface area contributed by atoms with Crippen molar-refractivity contribution in [3.05, 3.63) is 21.9 Å². The highest BCUT2D eigenvalue weighted by Gasteiger charge is 2.15. The van der Waals surface area contributed by atoms with Crippen LogP contribution in [0.3, 0.4) is 0 Å². The van der Waals surface area contributed by atoms with Crippen molar-refractivity contribution in [3.63, 3.8) is 0 Å². The predicted molar refractivity (Wildman–Crippen MR) is 50.9 cm³/mol. The molecule has 0 unspecified atom stereocenters. The summed E-state index contributed by atoms with van der Waals surface area (Å²) < 4.78 is 24.9. The summed E-state index contributed by atoms with van der Waals surface area (Å²) in [4.78, 5) is 3.86. The van der Waals surface area contributed by atoms with Crippen molar-refractivity contribution in [2.75, 3.05) is 5.73 Å². The number of nitrogens with two attached hydrogens (primary N) is 1. The van der Waals surface area contributed by atoms with E-state index in [0.717, 1.165) is 0 Å². The first-order chi connectivity index (χ1) is 6.06. The molecular formula is C7H6BrClF2N2. The lowest BCUT2D eigenvalue weighted by atomic mass is 10.2. The Morgan fingerprint density at radius 2 is 2.23 bits per heavy atom. The van der Waals surface area contributed by atoms with Gasteiger partial charge in [-0.1, -0.05) is 0 Å². The van der Waals surface area contributed by atoms with Crippen LogP contribution in [0.15, 0.2) is 10.7 Å². The van der Waals surface area contributed by atoms with E-state index >= 15 is 0 Å². The number of nitrogens with zero attached hydrogens (tertiary/aromatic N) is 1. The highest BCUT2D eigenvalue weighted by Crippen LogP contribution is 2.30. The predicted octanol–water partition coefficient (Wildman–Crippen LogP) is 3.10. The first-order valence-electron chi connectivity index (χ1n) is 3.35. The Labute approximate surface area is 87.2 Å². The van der Waals surface area contributed by atoms with Gasteiger partial charge in [-0.25, -0.2) is 13.8 Å². The molecule has 0 aromatic carbocycles. The quantitative estimate of drug-likeness (QED) is 0.663. The Morgan fingerprint density at radius 1 is 1.62 bits per heavy atom. The largest absolute Gasteiger partial charge is 0.396 e. The SMILES string of the molecule is Nc1c(C(F)F)cc(CCl)nc1Br. The van der Waals surface area contributed by atoms with Crippen LogP contribution in [0.5, 0.6) is 0 Å². The third kappa shape index (κ3) is 2.28. The number of aromatic nitrogens is 1. The molecule has 2 N–H and O–H groups in total. The molecule has 1 aromatic rings. The van der Waals surface area contributed by atoms with Crippen LogP contribution in [-0.4, -0.2) is 4.98 Å². The zero-order valence-corrected chi connectivity index (χ0v) is 8.74. The molecular weight excluding hydrogens is 265 g/mol. The van der Waals surface area contributed by atoms with Gasteiger partial charge in [-0.2, -0.15) is 0 Å². The summed E-state index contributed by atoms with van der Waals surface area (Å²) in [6.07, 6.45) is -2.61. The highest BCUT2D eigenvalue weighted by atomic mass is 79.9. The summed E-state index contributed by atoms with van der Waals surface area (Å²) in [5.74, 6) is 0.0819. The summed E-state index contributed by atoms with van der Waals surface area (Å²) in [6.45, 7) is 0. The normalized spacial score (nSPS) is 10.8. The summed E-state index contributed by atoms with van der Waals surface area (Å²) in [6, 6.07) is 1.21. The fourth-order valence-corrected chi connectivity index (χ4v) is 1.44. The minimum absolute atomic E-state index is 0.0381. The minimum Gasteiger partial charge on any atom is -0.396 e. The number of alkyl halides is 3. The molecule has 6 heteroatoms. The van der Waals surface area contributed by atoms with Crippen LogP contribution in [0.1, 0.15) is 17.7 Å². The molecule has 1 heterocycles. The monoisotopic (exact) mass is 270 g/mol. The third-order valence-electron chi connectivity index (χ3n) is 1.47. The standard InChI is InChI=1S/C7H6BrClF2N2/c8-6-5(12)4(7(10)11)1-3(2-9)13-6/h1,7H,2,12H2. The van der Waals surface area contributed by atoms with Crippen LogP contribution in [0.4, 0.5) is 14.5 Å². The molecule has 0 amide bonds. The molecule has 0 fully saturated rings. The maximum atomic E-state index is 12.4. The maximum absolute atomic E-state index is 12.4. The van der Waals surface area contributed by atoms with E-state index in [1.165, 1.54) is 6.07 Å². The van der Waals surface area contributed by atoms with Gasteiger partial charge in [0.15, 0.2) is 0 Å². The number of halogens is 4. The number of pyridine rings is 1. The van der Waals surface area contributed by atoms with E-state index in [1.54, 1.807) is 0 Å². The minimum atomic E-state index is -2.61. The van der Waals surface area contributed by atoms with Crippen molar-refractivity contribution in [1.29, 1.82) is 0 Å². The fraction of sp³-hybridized carbons (Fsp3) is 0.286. The van der Waals surface area contributed by atoms with E-state index in [0.29, 0.717) is 5.69 Å². The molecule has 0 aliphatic carbocycles. The van der Waals surface area contributed by atoms with E-state index in [1.807, 2.05) is 0 Å². The van der Waals surface area contributed by atoms with Crippen molar-refractivity contribution in [3.8, 4) is 0 Å². The van der Waals surface area contributed by atoms with E-state index in [2.05, 4.69) is 20.9 Å². The first kappa shape index (κ1) is 10.7. The van der Waals surface area contributed by atoms with Crippen LogP contribution in [0.2, 0.25) is 0 Å². The highest BCUT2D eigenvalue weighted by molar-refractivity contribution is 9.10. The summed E-state index contributed by atoms with van der Waals surface area (Å²) in [5.41, 5.74) is 5.47. The average molecular weight is 271 g/mol. The smallest absolute Gasteiger partial charge is 0.265 e. The molecule has 0 atom stereocenters. The number of nitrogen functional groups attached to an aromatic ring is 1. The van der Waals surface area contributed by atoms with Crippen molar-refractivity contribution < 1.29 is 8.78 Å². The molecule has 1 rings (SSSR count). The van der Waals surface area contributed by atoms with Crippen LogP contribution in [0, 0.1) is 0 Å². The van der Waals surface area contributed by atoms with Gasteiger partial charge in [0.05, 0.1) is 17.3 Å². The second-order valence-electron chi connectivity index (χ2n) is 2.34. The van der Waals surface area contributed by atoms with Crippen molar-refractivity contribution in [2.24, 2.45) is 0 Å². The summed E-state index contributed by atoms with van der Waals surface area (Å²) >= 11 is 8.44. The zero-order chi connectivity index (χ0) is 10.0. The molecule has 13 heavy (non-hydrogen) atoms. The second kappa shape index (κ2) is 4.19. The number of hydrogen-bond donors (Lipinski definition) is 1. The Hall–Kier alpha value is -0.420. The zero-order valence-electron chi connectivity index (χ0n) is 6.40. The Kier molecular flexibility index (Phi) is 3.44. The van der Waals surface area contributed by atoms with Gasteiger partial charge in [0.2, 0.25) is 0 Å².